The molecule has 1 N–H and O–H groups in total. The lowest BCUT2D eigenvalue weighted by molar-refractivity contribution is -0.140. The first-order chi connectivity index (χ1) is 7.59. The van der Waals surface area contributed by atoms with Gasteiger partial charge in [0.25, 0.3) is 0 Å². The van der Waals surface area contributed by atoms with E-state index in [-0.39, 0.29) is 5.82 Å². The van der Waals surface area contributed by atoms with Crippen molar-refractivity contribution in [1.29, 1.82) is 0 Å². The summed E-state index contributed by atoms with van der Waals surface area (Å²) >= 11 is 0. The first kappa shape index (κ1) is 13.6. The standard InChI is InChI=1S/C8H14N4O4S/c1-5(6(13)14)12-7(9-10-11-12)8(2,3)17(4,15)16/h5H,1-4H3,(H,13,14). The normalized spacial score (nSPS) is 14.6. The van der Waals surface area contributed by atoms with Crippen molar-refractivity contribution in [2.24, 2.45) is 0 Å². The largest absolute Gasteiger partial charge is 0.480 e. The second-order valence-electron chi connectivity index (χ2n) is 4.24. The van der Waals surface area contributed by atoms with E-state index in [0.717, 1.165) is 10.9 Å². The van der Waals surface area contributed by atoms with Crippen molar-refractivity contribution in [2.75, 3.05) is 6.26 Å². The Hall–Kier alpha value is -1.51. The van der Waals surface area contributed by atoms with Crippen molar-refractivity contribution < 1.29 is 18.3 Å². The smallest absolute Gasteiger partial charge is 0.328 e. The molecule has 0 bridgehead atoms. The second kappa shape index (κ2) is 4.06. The molecule has 1 aromatic heterocycles. The van der Waals surface area contributed by atoms with E-state index in [1.165, 1.54) is 20.8 Å². The number of hydrogen-bond acceptors (Lipinski definition) is 6. The van der Waals surface area contributed by atoms with Gasteiger partial charge in [0, 0.05) is 6.26 Å². The van der Waals surface area contributed by atoms with Gasteiger partial charge in [-0.05, 0) is 31.2 Å². The average Bonchev–Trinajstić information content (AvgIpc) is 2.63. The zero-order chi connectivity index (χ0) is 13.4. The maximum absolute atomic E-state index is 11.6. The SMILES string of the molecule is CC(C(=O)O)n1nnnc1C(C)(C)S(C)(=O)=O. The van der Waals surface area contributed by atoms with Gasteiger partial charge >= 0.3 is 5.97 Å². The van der Waals surface area contributed by atoms with Crippen LogP contribution in [0.2, 0.25) is 0 Å². The maximum atomic E-state index is 11.6. The molecule has 0 saturated heterocycles. The lowest BCUT2D eigenvalue weighted by Gasteiger charge is -2.22. The molecule has 0 spiro atoms. The van der Waals surface area contributed by atoms with Crippen molar-refractivity contribution in [3.8, 4) is 0 Å². The number of rotatable bonds is 4. The molecule has 9 heteroatoms. The molecular weight excluding hydrogens is 248 g/mol. The van der Waals surface area contributed by atoms with Crippen LogP contribution in [0.25, 0.3) is 0 Å². The van der Waals surface area contributed by atoms with E-state index in [4.69, 9.17) is 5.11 Å². The van der Waals surface area contributed by atoms with Crippen LogP contribution in [0.3, 0.4) is 0 Å². The third-order valence-electron chi connectivity index (χ3n) is 2.68. The predicted octanol–water partition coefficient (Wildman–Crippen LogP) is -0.402. The van der Waals surface area contributed by atoms with Gasteiger partial charge in [-0.2, -0.15) is 0 Å². The summed E-state index contributed by atoms with van der Waals surface area (Å²) in [6.07, 6.45) is 1.05. The third kappa shape index (κ3) is 2.28. The van der Waals surface area contributed by atoms with Gasteiger partial charge in [0.05, 0.1) is 0 Å². The maximum Gasteiger partial charge on any atom is 0.328 e. The van der Waals surface area contributed by atoms with E-state index < -0.39 is 26.6 Å². The Bertz CT molecular complexity index is 533. The predicted molar refractivity (Wildman–Crippen MR) is 58.0 cm³/mol. The number of nitrogens with zero attached hydrogens (tertiary/aromatic N) is 4. The summed E-state index contributed by atoms with van der Waals surface area (Å²) in [5, 5.41) is 19.4. The Labute approximate surface area is 98.6 Å². The summed E-state index contributed by atoms with van der Waals surface area (Å²) in [5.41, 5.74) is 0. The fourth-order valence-electron chi connectivity index (χ4n) is 1.12. The minimum atomic E-state index is -3.46. The molecule has 0 aliphatic rings. The van der Waals surface area contributed by atoms with Crippen LogP contribution in [0.15, 0.2) is 0 Å². The van der Waals surface area contributed by atoms with Crippen molar-refractivity contribution in [3.05, 3.63) is 5.82 Å². The van der Waals surface area contributed by atoms with Crippen molar-refractivity contribution in [3.63, 3.8) is 0 Å². The first-order valence-electron chi connectivity index (χ1n) is 4.79. The highest BCUT2D eigenvalue weighted by molar-refractivity contribution is 7.91. The van der Waals surface area contributed by atoms with Gasteiger partial charge in [0.1, 0.15) is 10.8 Å². The molecule has 0 aliphatic heterocycles. The van der Waals surface area contributed by atoms with Crippen molar-refractivity contribution in [1.82, 2.24) is 20.2 Å². The minimum Gasteiger partial charge on any atom is -0.480 e. The van der Waals surface area contributed by atoms with Crippen LogP contribution in [0.5, 0.6) is 0 Å². The number of carboxylic acids is 1. The Balaban J connectivity index is 3.36. The fraction of sp³-hybridized carbons (Fsp3) is 0.750. The number of hydrogen-bond donors (Lipinski definition) is 1. The van der Waals surface area contributed by atoms with Crippen LogP contribution in [-0.2, 0) is 19.4 Å². The summed E-state index contributed by atoms with van der Waals surface area (Å²) in [4.78, 5) is 10.9. The fourth-order valence-corrected chi connectivity index (χ4v) is 1.59. The van der Waals surface area contributed by atoms with Crippen molar-refractivity contribution in [2.45, 2.75) is 31.6 Å². The van der Waals surface area contributed by atoms with Crippen LogP contribution in [0.1, 0.15) is 32.6 Å². The van der Waals surface area contributed by atoms with Crippen LogP contribution < -0.4 is 0 Å². The molecule has 1 aromatic rings. The Morgan fingerprint density at radius 1 is 1.47 bits per heavy atom. The highest BCUT2D eigenvalue weighted by Gasteiger charge is 2.39. The van der Waals surface area contributed by atoms with Crippen LogP contribution >= 0.6 is 0 Å². The highest BCUT2D eigenvalue weighted by atomic mass is 32.2. The van der Waals surface area contributed by atoms with Crippen LogP contribution in [0, 0.1) is 0 Å². The van der Waals surface area contributed by atoms with E-state index in [1.807, 2.05) is 0 Å². The van der Waals surface area contributed by atoms with Gasteiger partial charge in [-0.15, -0.1) is 5.10 Å². The monoisotopic (exact) mass is 262 g/mol. The number of tetrazole rings is 1. The van der Waals surface area contributed by atoms with E-state index in [0.29, 0.717) is 0 Å². The van der Waals surface area contributed by atoms with Gasteiger partial charge in [-0.1, -0.05) is 0 Å². The van der Waals surface area contributed by atoms with Gasteiger partial charge in [-0.25, -0.2) is 17.9 Å². The van der Waals surface area contributed by atoms with E-state index >= 15 is 0 Å². The molecular formula is C8H14N4O4S. The Morgan fingerprint density at radius 2 is 2.00 bits per heavy atom. The molecule has 0 amide bonds. The molecule has 96 valence electrons. The Kier molecular flexibility index (Phi) is 3.24. The topological polar surface area (TPSA) is 115 Å². The van der Waals surface area contributed by atoms with Gasteiger partial charge in [0.2, 0.25) is 0 Å². The lowest BCUT2D eigenvalue weighted by Crippen LogP contribution is -2.34. The summed E-state index contributed by atoms with van der Waals surface area (Å²) in [6, 6.07) is -1.03. The van der Waals surface area contributed by atoms with E-state index in [2.05, 4.69) is 15.5 Å². The van der Waals surface area contributed by atoms with E-state index in [1.54, 1.807) is 0 Å². The number of carboxylic acid groups (broad SMARTS) is 1. The van der Waals surface area contributed by atoms with Gasteiger partial charge < -0.3 is 5.11 Å². The molecule has 0 fully saturated rings. The third-order valence-corrected chi connectivity index (χ3v) is 4.72. The Morgan fingerprint density at radius 3 is 2.41 bits per heavy atom. The number of sulfone groups is 1. The van der Waals surface area contributed by atoms with Gasteiger partial charge in [-0.3, -0.25) is 0 Å². The van der Waals surface area contributed by atoms with Gasteiger partial charge in [0.15, 0.2) is 15.7 Å². The number of aliphatic carboxylic acids is 1. The highest BCUT2D eigenvalue weighted by Crippen LogP contribution is 2.27. The number of carbonyl (C=O) groups is 1. The molecule has 8 nitrogen and oxygen atoms in total. The molecule has 1 unspecified atom stereocenters. The average molecular weight is 262 g/mol. The first-order valence-corrected chi connectivity index (χ1v) is 6.69. The van der Waals surface area contributed by atoms with Crippen molar-refractivity contribution >= 4 is 15.8 Å². The molecule has 0 saturated carbocycles. The van der Waals surface area contributed by atoms with E-state index in [9.17, 15) is 13.2 Å². The second-order valence-corrected chi connectivity index (χ2v) is 6.81. The number of aromatic nitrogens is 4. The molecule has 1 heterocycles. The zero-order valence-electron chi connectivity index (χ0n) is 9.95. The quantitative estimate of drug-likeness (QED) is 0.784. The molecule has 0 aliphatic carbocycles. The molecule has 0 aromatic carbocycles. The zero-order valence-corrected chi connectivity index (χ0v) is 10.8. The lowest BCUT2D eigenvalue weighted by atomic mass is 10.2. The minimum absolute atomic E-state index is 0.00917. The van der Waals surface area contributed by atoms with Crippen LogP contribution in [0.4, 0.5) is 0 Å². The summed E-state index contributed by atoms with van der Waals surface area (Å²) in [7, 11) is -3.46. The van der Waals surface area contributed by atoms with Crippen LogP contribution in [-0.4, -0.2) is 46.0 Å². The summed E-state index contributed by atoms with van der Waals surface area (Å²) < 4.78 is 22.9. The molecule has 1 atom stereocenters. The molecule has 1 rings (SSSR count). The molecule has 0 radical (unpaired) electrons. The summed E-state index contributed by atoms with van der Waals surface area (Å²) in [5.74, 6) is -1.13. The molecule has 17 heavy (non-hydrogen) atoms. The summed E-state index contributed by atoms with van der Waals surface area (Å²) in [6.45, 7) is 4.23.